The molecular weight excluding hydrogens is 326 g/mol. The molecule has 26 heavy (non-hydrogen) atoms. The first kappa shape index (κ1) is 16.5. The average Bonchev–Trinajstić information content (AvgIpc) is 3.05. The van der Waals surface area contributed by atoms with E-state index in [-0.39, 0.29) is 6.03 Å². The number of urea groups is 1. The normalized spacial score (nSPS) is 13.3. The van der Waals surface area contributed by atoms with Gasteiger partial charge >= 0.3 is 6.03 Å². The van der Waals surface area contributed by atoms with Crippen molar-refractivity contribution in [2.75, 3.05) is 12.4 Å². The number of carbonyl (C=O) groups excluding carboxylic acids is 1. The van der Waals surface area contributed by atoms with E-state index in [4.69, 9.17) is 4.74 Å². The summed E-state index contributed by atoms with van der Waals surface area (Å²) in [7, 11) is 1.62. The number of methoxy groups -OCH3 is 1. The number of rotatable bonds is 4. The highest BCUT2D eigenvalue weighted by Gasteiger charge is 2.15. The van der Waals surface area contributed by atoms with Crippen LogP contribution in [0.25, 0.3) is 10.9 Å². The van der Waals surface area contributed by atoms with Crippen LogP contribution in [0, 0.1) is 0 Å². The topological polar surface area (TPSA) is 66.2 Å². The van der Waals surface area contributed by atoms with Gasteiger partial charge in [-0.15, -0.1) is 0 Å². The van der Waals surface area contributed by atoms with Gasteiger partial charge in [-0.3, -0.25) is 0 Å². The largest absolute Gasteiger partial charge is 0.497 e. The lowest BCUT2D eigenvalue weighted by molar-refractivity contribution is 0.251. The van der Waals surface area contributed by atoms with Crippen molar-refractivity contribution >= 4 is 22.6 Å². The lowest BCUT2D eigenvalue weighted by Gasteiger charge is -2.11. The summed E-state index contributed by atoms with van der Waals surface area (Å²) in [5.74, 6) is 0.763. The second kappa shape index (κ2) is 7.12. The number of H-pyrrole nitrogens is 1. The standard InChI is InChI=1S/C21H23N3O2/c1-26-16-9-7-15(8-10-16)23-21(25)22-13-14-6-11-20-18(12-14)17-4-2-3-5-19(17)24-20/h6-12,24H,2-5,13H2,1H3,(H2,22,23,25). The molecular formula is C21H23N3O2. The SMILES string of the molecule is COc1ccc(NC(=O)NCc2ccc3[nH]c4c(c3c2)CCCC4)cc1. The highest BCUT2D eigenvalue weighted by atomic mass is 16.5. The first-order valence-corrected chi connectivity index (χ1v) is 9.04. The molecule has 1 aliphatic rings. The van der Waals surface area contributed by atoms with Crippen molar-refractivity contribution in [3.05, 3.63) is 59.3 Å². The van der Waals surface area contributed by atoms with Crippen LogP contribution < -0.4 is 15.4 Å². The lowest BCUT2D eigenvalue weighted by Crippen LogP contribution is -2.28. The fraction of sp³-hybridized carbons (Fsp3) is 0.286. The van der Waals surface area contributed by atoms with Gasteiger partial charge in [0.25, 0.3) is 0 Å². The van der Waals surface area contributed by atoms with Gasteiger partial charge in [-0.25, -0.2) is 4.79 Å². The fourth-order valence-corrected chi connectivity index (χ4v) is 3.60. The first-order chi connectivity index (χ1) is 12.7. The molecule has 3 aromatic rings. The molecule has 0 saturated carbocycles. The maximum Gasteiger partial charge on any atom is 0.319 e. The van der Waals surface area contributed by atoms with Gasteiger partial charge in [0.15, 0.2) is 0 Å². The van der Waals surface area contributed by atoms with E-state index in [1.165, 1.54) is 35.0 Å². The van der Waals surface area contributed by atoms with Gasteiger partial charge in [0.1, 0.15) is 5.75 Å². The molecule has 4 rings (SSSR count). The molecule has 2 amide bonds. The summed E-state index contributed by atoms with van der Waals surface area (Å²) in [6, 6.07) is 13.4. The number of aryl methyl sites for hydroxylation is 2. The number of fused-ring (bicyclic) bond motifs is 3. The smallest absolute Gasteiger partial charge is 0.319 e. The van der Waals surface area contributed by atoms with Gasteiger partial charge in [-0.2, -0.15) is 0 Å². The van der Waals surface area contributed by atoms with Crippen LogP contribution in [0.5, 0.6) is 5.75 Å². The molecule has 5 nitrogen and oxygen atoms in total. The van der Waals surface area contributed by atoms with Gasteiger partial charge in [-0.1, -0.05) is 6.07 Å². The maximum atomic E-state index is 12.1. The zero-order valence-corrected chi connectivity index (χ0v) is 14.9. The Morgan fingerprint density at radius 3 is 2.73 bits per heavy atom. The molecule has 1 heterocycles. The van der Waals surface area contributed by atoms with E-state index in [0.29, 0.717) is 6.54 Å². The molecule has 0 saturated heterocycles. The van der Waals surface area contributed by atoms with Crippen LogP contribution in [0.15, 0.2) is 42.5 Å². The third-order valence-corrected chi connectivity index (χ3v) is 4.96. The Balaban J connectivity index is 1.41. The Morgan fingerprint density at radius 2 is 1.92 bits per heavy atom. The van der Waals surface area contributed by atoms with Crippen molar-refractivity contribution in [3.63, 3.8) is 0 Å². The molecule has 3 N–H and O–H groups in total. The summed E-state index contributed by atoms with van der Waals surface area (Å²) in [5, 5.41) is 7.06. The van der Waals surface area contributed by atoms with Crippen LogP contribution in [0.3, 0.4) is 0 Å². The summed E-state index contributed by atoms with van der Waals surface area (Å²) in [6.07, 6.45) is 4.80. The number of anilines is 1. The molecule has 0 radical (unpaired) electrons. The maximum absolute atomic E-state index is 12.1. The van der Waals surface area contributed by atoms with Crippen molar-refractivity contribution in [1.82, 2.24) is 10.3 Å². The zero-order valence-electron chi connectivity index (χ0n) is 14.9. The minimum Gasteiger partial charge on any atom is -0.497 e. The van der Waals surface area contributed by atoms with Crippen molar-refractivity contribution in [2.45, 2.75) is 32.2 Å². The third-order valence-electron chi connectivity index (χ3n) is 4.96. The molecule has 1 aliphatic carbocycles. The minimum atomic E-state index is -0.216. The van der Waals surface area contributed by atoms with Crippen molar-refractivity contribution < 1.29 is 9.53 Å². The lowest BCUT2D eigenvalue weighted by atomic mass is 9.95. The Labute approximate surface area is 152 Å². The fourth-order valence-electron chi connectivity index (χ4n) is 3.60. The molecule has 0 aliphatic heterocycles. The second-order valence-electron chi connectivity index (χ2n) is 6.71. The van der Waals surface area contributed by atoms with E-state index in [2.05, 4.69) is 33.8 Å². The van der Waals surface area contributed by atoms with Crippen LogP contribution in [-0.4, -0.2) is 18.1 Å². The number of aromatic amines is 1. The van der Waals surface area contributed by atoms with Crippen molar-refractivity contribution in [1.29, 1.82) is 0 Å². The predicted octanol–water partition coefficient (Wildman–Crippen LogP) is 4.38. The van der Waals surface area contributed by atoms with Crippen LogP contribution >= 0.6 is 0 Å². The quantitative estimate of drug-likeness (QED) is 0.654. The number of benzene rings is 2. The number of ether oxygens (including phenoxy) is 1. The number of hydrogen-bond donors (Lipinski definition) is 3. The molecule has 0 bridgehead atoms. The Bertz CT molecular complexity index is 928. The highest BCUT2D eigenvalue weighted by molar-refractivity contribution is 5.89. The first-order valence-electron chi connectivity index (χ1n) is 9.04. The van der Waals surface area contributed by atoms with Crippen LogP contribution in [0.1, 0.15) is 29.7 Å². The number of hydrogen-bond acceptors (Lipinski definition) is 2. The van der Waals surface area contributed by atoms with E-state index < -0.39 is 0 Å². The van der Waals surface area contributed by atoms with E-state index in [9.17, 15) is 4.79 Å². The van der Waals surface area contributed by atoms with Crippen molar-refractivity contribution in [3.8, 4) is 5.75 Å². The van der Waals surface area contributed by atoms with E-state index in [1.54, 1.807) is 7.11 Å². The van der Waals surface area contributed by atoms with E-state index in [0.717, 1.165) is 29.8 Å². The predicted molar refractivity (Wildman–Crippen MR) is 104 cm³/mol. The Hall–Kier alpha value is -2.95. The third kappa shape index (κ3) is 3.38. The monoisotopic (exact) mass is 349 g/mol. The minimum absolute atomic E-state index is 0.216. The summed E-state index contributed by atoms with van der Waals surface area (Å²) >= 11 is 0. The molecule has 5 heteroatoms. The summed E-state index contributed by atoms with van der Waals surface area (Å²) in [6.45, 7) is 0.498. The number of carbonyl (C=O) groups is 1. The Morgan fingerprint density at radius 1 is 1.12 bits per heavy atom. The molecule has 0 spiro atoms. The molecule has 0 atom stereocenters. The molecule has 134 valence electrons. The van der Waals surface area contributed by atoms with E-state index >= 15 is 0 Å². The molecule has 1 aromatic heterocycles. The molecule has 2 aromatic carbocycles. The number of amides is 2. The van der Waals surface area contributed by atoms with Crippen LogP contribution in [-0.2, 0) is 19.4 Å². The van der Waals surface area contributed by atoms with Gasteiger partial charge in [-0.05, 0) is 73.2 Å². The van der Waals surface area contributed by atoms with Gasteiger partial charge in [0, 0.05) is 28.8 Å². The zero-order chi connectivity index (χ0) is 17.9. The van der Waals surface area contributed by atoms with E-state index in [1.807, 2.05) is 24.3 Å². The molecule has 0 fully saturated rings. The number of nitrogens with one attached hydrogen (secondary N) is 3. The van der Waals surface area contributed by atoms with Crippen LogP contribution in [0.4, 0.5) is 10.5 Å². The molecule has 0 unspecified atom stereocenters. The second-order valence-corrected chi connectivity index (χ2v) is 6.71. The number of aromatic nitrogens is 1. The van der Waals surface area contributed by atoms with Gasteiger partial charge in [0.2, 0.25) is 0 Å². The van der Waals surface area contributed by atoms with Crippen molar-refractivity contribution in [2.24, 2.45) is 0 Å². The Kier molecular flexibility index (Phi) is 4.52. The van der Waals surface area contributed by atoms with Gasteiger partial charge in [0.05, 0.1) is 7.11 Å². The summed E-state index contributed by atoms with van der Waals surface area (Å²) in [4.78, 5) is 15.7. The average molecular weight is 349 g/mol. The van der Waals surface area contributed by atoms with Gasteiger partial charge < -0.3 is 20.4 Å². The highest BCUT2D eigenvalue weighted by Crippen LogP contribution is 2.29. The summed E-state index contributed by atoms with van der Waals surface area (Å²) in [5.41, 5.74) is 5.88. The van der Waals surface area contributed by atoms with Crippen LogP contribution in [0.2, 0.25) is 0 Å². The summed E-state index contributed by atoms with van der Waals surface area (Å²) < 4.78 is 5.12.